The molecule has 0 unspecified atom stereocenters. The molecular formula is C21H24NO2S+. The third-order valence-corrected chi connectivity index (χ3v) is 4.91. The molecule has 2 N–H and O–H groups in total. The molecule has 2 aromatic carbocycles. The zero-order chi connectivity index (χ0) is 17.3. The highest BCUT2D eigenvalue weighted by atomic mass is 32.1. The zero-order valence-electron chi connectivity index (χ0n) is 14.5. The Hall–Kier alpha value is -2.30. The highest BCUT2D eigenvalue weighted by Gasteiger charge is 2.00. The number of hydrogen-bond acceptors (Lipinski definition) is 3. The van der Waals surface area contributed by atoms with Crippen LogP contribution >= 0.6 is 11.3 Å². The maximum atomic E-state index is 5.80. The van der Waals surface area contributed by atoms with Crippen LogP contribution in [0.15, 0.2) is 66.0 Å². The lowest BCUT2D eigenvalue weighted by Crippen LogP contribution is -2.83. The van der Waals surface area contributed by atoms with Gasteiger partial charge in [-0.15, -0.1) is 11.3 Å². The summed E-state index contributed by atoms with van der Waals surface area (Å²) in [6.07, 6.45) is 1.06. The predicted molar refractivity (Wildman–Crippen MR) is 102 cm³/mol. The molecule has 0 amide bonds. The third-order valence-electron chi connectivity index (χ3n) is 4.06. The first-order valence-electron chi connectivity index (χ1n) is 8.52. The molecule has 0 spiro atoms. The summed E-state index contributed by atoms with van der Waals surface area (Å²) in [7, 11) is 1.70. The van der Waals surface area contributed by atoms with Gasteiger partial charge in [-0.25, -0.2) is 0 Å². The molecule has 1 heterocycles. The van der Waals surface area contributed by atoms with E-state index in [2.05, 4.69) is 53.2 Å². The van der Waals surface area contributed by atoms with Gasteiger partial charge in [0.1, 0.15) is 24.7 Å². The van der Waals surface area contributed by atoms with Crippen molar-refractivity contribution in [1.82, 2.24) is 0 Å². The Morgan fingerprint density at radius 1 is 0.880 bits per heavy atom. The summed E-state index contributed by atoms with van der Waals surface area (Å²) in [6, 6.07) is 20.8. The summed E-state index contributed by atoms with van der Waals surface area (Å²) in [4.78, 5) is 1.25. The number of benzene rings is 2. The lowest BCUT2D eigenvalue weighted by atomic mass is 10.1. The molecule has 3 aromatic rings. The Balaban J connectivity index is 1.37. The Labute approximate surface area is 153 Å². The minimum atomic E-state index is 0.644. The maximum Gasteiger partial charge on any atom is 0.122 e. The van der Waals surface area contributed by atoms with Crippen molar-refractivity contribution in [3.05, 3.63) is 82.0 Å². The van der Waals surface area contributed by atoms with E-state index in [0.717, 1.165) is 31.0 Å². The van der Waals surface area contributed by atoms with E-state index in [-0.39, 0.29) is 0 Å². The quantitative estimate of drug-likeness (QED) is 0.596. The van der Waals surface area contributed by atoms with Crippen molar-refractivity contribution in [2.24, 2.45) is 0 Å². The van der Waals surface area contributed by atoms with Crippen LogP contribution in [0.25, 0.3) is 0 Å². The van der Waals surface area contributed by atoms with Gasteiger partial charge in [0.2, 0.25) is 0 Å². The molecule has 3 rings (SSSR count). The molecule has 0 radical (unpaired) electrons. The SMILES string of the molecule is COc1ccc(CC[NH2+]Cc2ccc(OCc3cccs3)cc2)cc1. The van der Waals surface area contributed by atoms with E-state index in [1.54, 1.807) is 18.4 Å². The lowest BCUT2D eigenvalue weighted by molar-refractivity contribution is -0.670. The summed E-state index contributed by atoms with van der Waals surface area (Å²) < 4.78 is 11.0. The fourth-order valence-corrected chi connectivity index (χ4v) is 3.22. The Bertz CT molecular complexity index is 737. The van der Waals surface area contributed by atoms with Gasteiger partial charge in [-0.1, -0.05) is 18.2 Å². The number of methoxy groups -OCH3 is 1. The van der Waals surface area contributed by atoms with Crippen molar-refractivity contribution in [3.8, 4) is 11.5 Å². The van der Waals surface area contributed by atoms with E-state index in [9.17, 15) is 0 Å². The van der Waals surface area contributed by atoms with Gasteiger partial charge >= 0.3 is 0 Å². The number of thiophene rings is 1. The minimum absolute atomic E-state index is 0.644. The zero-order valence-corrected chi connectivity index (χ0v) is 15.3. The summed E-state index contributed by atoms with van der Waals surface area (Å²) in [5.41, 5.74) is 2.66. The van der Waals surface area contributed by atoms with Crippen LogP contribution in [0.2, 0.25) is 0 Å². The Kier molecular flexibility index (Phi) is 6.48. The maximum absolute atomic E-state index is 5.80. The molecule has 0 saturated heterocycles. The third kappa shape index (κ3) is 5.62. The molecule has 0 bridgehead atoms. The summed E-state index contributed by atoms with van der Waals surface area (Å²) in [5.74, 6) is 1.84. The first-order valence-corrected chi connectivity index (χ1v) is 9.40. The normalized spacial score (nSPS) is 10.6. The van der Waals surface area contributed by atoms with Gasteiger partial charge in [-0.2, -0.15) is 0 Å². The average molecular weight is 354 g/mol. The minimum Gasteiger partial charge on any atom is -0.497 e. The summed E-state index contributed by atoms with van der Waals surface area (Å²) in [5, 5.41) is 4.41. The first kappa shape index (κ1) is 17.5. The van der Waals surface area contributed by atoms with E-state index in [4.69, 9.17) is 9.47 Å². The fourth-order valence-electron chi connectivity index (χ4n) is 2.60. The van der Waals surface area contributed by atoms with Gasteiger partial charge in [0.15, 0.2) is 0 Å². The highest BCUT2D eigenvalue weighted by molar-refractivity contribution is 7.09. The van der Waals surface area contributed by atoms with E-state index in [1.165, 1.54) is 16.0 Å². The summed E-state index contributed by atoms with van der Waals surface area (Å²) in [6.45, 7) is 2.70. The number of ether oxygens (including phenoxy) is 2. The van der Waals surface area contributed by atoms with Crippen molar-refractivity contribution in [2.45, 2.75) is 19.6 Å². The van der Waals surface area contributed by atoms with Gasteiger partial charge in [-0.3, -0.25) is 0 Å². The van der Waals surface area contributed by atoms with Crippen LogP contribution in [0.3, 0.4) is 0 Å². The van der Waals surface area contributed by atoms with Crippen LogP contribution in [0.5, 0.6) is 11.5 Å². The van der Waals surface area contributed by atoms with Gasteiger partial charge < -0.3 is 14.8 Å². The molecule has 130 valence electrons. The molecule has 0 aliphatic rings. The molecule has 4 heteroatoms. The topological polar surface area (TPSA) is 35.1 Å². The van der Waals surface area contributed by atoms with Crippen LogP contribution in [-0.2, 0) is 19.6 Å². The molecule has 1 aromatic heterocycles. The highest BCUT2D eigenvalue weighted by Crippen LogP contribution is 2.16. The predicted octanol–water partition coefficient (Wildman–Crippen LogP) is 3.64. The van der Waals surface area contributed by atoms with Crippen LogP contribution < -0.4 is 14.8 Å². The fraction of sp³-hybridized carbons (Fsp3) is 0.238. The van der Waals surface area contributed by atoms with Crippen molar-refractivity contribution < 1.29 is 14.8 Å². The lowest BCUT2D eigenvalue weighted by Gasteiger charge is -2.06. The molecule has 0 aliphatic heterocycles. The summed E-state index contributed by atoms with van der Waals surface area (Å²) >= 11 is 1.72. The number of nitrogens with two attached hydrogens (primary N) is 1. The van der Waals surface area contributed by atoms with Crippen LogP contribution in [-0.4, -0.2) is 13.7 Å². The standard InChI is InChI=1S/C21H23NO2S/c1-23-19-8-4-17(5-9-19)12-13-22-15-18-6-10-20(11-7-18)24-16-21-3-2-14-25-21/h2-11,14,22H,12-13,15-16H2,1H3/p+1. The Morgan fingerprint density at radius 2 is 1.60 bits per heavy atom. The van der Waals surface area contributed by atoms with Crippen molar-refractivity contribution >= 4 is 11.3 Å². The van der Waals surface area contributed by atoms with Crippen LogP contribution in [0, 0.1) is 0 Å². The molecule has 0 fully saturated rings. The van der Waals surface area contributed by atoms with Crippen LogP contribution in [0.4, 0.5) is 0 Å². The Morgan fingerprint density at radius 3 is 2.28 bits per heavy atom. The first-order chi connectivity index (χ1) is 12.3. The van der Waals surface area contributed by atoms with Gasteiger partial charge in [-0.05, 0) is 53.4 Å². The van der Waals surface area contributed by atoms with Gasteiger partial charge in [0.25, 0.3) is 0 Å². The number of quaternary nitrogens is 1. The number of hydrogen-bond donors (Lipinski definition) is 1. The molecule has 3 nitrogen and oxygen atoms in total. The van der Waals surface area contributed by atoms with Gasteiger partial charge in [0.05, 0.1) is 13.7 Å². The second-order valence-electron chi connectivity index (χ2n) is 5.89. The average Bonchev–Trinajstić information content (AvgIpc) is 3.19. The van der Waals surface area contributed by atoms with E-state index >= 15 is 0 Å². The molecule has 0 atom stereocenters. The van der Waals surface area contributed by atoms with Crippen molar-refractivity contribution in [1.29, 1.82) is 0 Å². The molecule has 25 heavy (non-hydrogen) atoms. The second-order valence-corrected chi connectivity index (χ2v) is 6.92. The largest absolute Gasteiger partial charge is 0.497 e. The monoisotopic (exact) mass is 354 g/mol. The molecular weight excluding hydrogens is 330 g/mol. The van der Waals surface area contributed by atoms with E-state index in [0.29, 0.717) is 6.61 Å². The van der Waals surface area contributed by atoms with E-state index < -0.39 is 0 Å². The van der Waals surface area contributed by atoms with Gasteiger partial charge in [0, 0.05) is 16.9 Å². The van der Waals surface area contributed by atoms with E-state index in [1.807, 2.05) is 18.2 Å². The smallest absolute Gasteiger partial charge is 0.122 e. The number of rotatable bonds is 9. The molecule has 0 aliphatic carbocycles. The van der Waals surface area contributed by atoms with Crippen molar-refractivity contribution in [2.75, 3.05) is 13.7 Å². The second kappa shape index (κ2) is 9.25. The van der Waals surface area contributed by atoms with Crippen LogP contribution in [0.1, 0.15) is 16.0 Å². The molecule has 0 saturated carbocycles. The van der Waals surface area contributed by atoms with Crippen molar-refractivity contribution in [3.63, 3.8) is 0 Å².